The van der Waals surface area contributed by atoms with Crippen LogP contribution in [0.2, 0.25) is 0 Å². The molecule has 0 aliphatic rings. The summed E-state index contributed by atoms with van der Waals surface area (Å²) in [4.78, 5) is 15.7. The number of aromatic nitrogens is 1. The van der Waals surface area contributed by atoms with Crippen molar-refractivity contribution >= 4 is 22.6 Å². The number of benzene rings is 3. The van der Waals surface area contributed by atoms with Gasteiger partial charge in [-0.25, -0.2) is 9.18 Å². The largest absolute Gasteiger partial charge is 0.361 e. The molecule has 5 heteroatoms. The first-order valence-electron chi connectivity index (χ1n) is 9.53. The van der Waals surface area contributed by atoms with Crippen LogP contribution in [0.1, 0.15) is 22.6 Å². The van der Waals surface area contributed by atoms with Crippen LogP contribution in [0.5, 0.6) is 0 Å². The number of fused-ring (bicyclic) bond motifs is 1. The average Bonchev–Trinajstić information content (AvgIpc) is 3.15. The lowest BCUT2D eigenvalue weighted by atomic mass is 9.91. The molecule has 1 atom stereocenters. The zero-order chi connectivity index (χ0) is 20.2. The summed E-state index contributed by atoms with van der Waals surface area (Å²) in [6.45, 7) is 2.38. The highest BCUT2D eigenvalue weighted by Crippen LogP contribution is 2.30. The number of halogens is 1. The van der Waals surface area contributed by atoms with Crippen molar-refractivity contribution < 1.29 is 9.18 Å². The van der Waals surface area contributed by atoms with Gasteiger partial charge in [-0.2, -0.15) is 0 Å². The molecule has 0 saturated carbocycles. The second-order valence-electron chi connectivity index (χ2n) is 7.09. The van der Waals surface area contributed by atoms with Gasteiger partial charge in [-0.1, -0.05) is 48.0 Å². The van der Waals surface area contributed by atoms with E-state index in [1.165, 1.54) is 12.1 Å². The molecule has 0 radical (unpaired) electrons. The van der Waals surface area contributed by atoms with Gasteiger partial charge in [0.05, 0.1) is 0 Å². The first-order valence-corrected chi connectivity index (χ1v) is 9.53. The summed E-state index contributed by atoms with van der Waals surface area (Å²) in [7, 11) is 0. The third-order valence-corrected chi connectivity index (χ3v) is 5.05. The monoisotopic (exact) mass is 387 g/mol. The Labute approximate surface area is 168 Å². The Balaban J connectivity index is 1.56. The van der Waals surface area contributed by atoms with Gasteiger partial charge in [-0.15, -0.1) is 0 Å². The Kier molecular flexibility index (Phi) is 5.29. The third kappa shape index (κ3) is 4.29. The van der Waals surface area contributed by atoms with E-state index in [0.717, 1.165) is 33.3 Å². The number of nitrogens with one attached hydrogen (secondary N) is 3. The van der Waals surface area contributed by atoms with Crippen molar-refractivity contribution in [3.8, 4) is 0 Å². The molecule has 29 heavy (non-hydrogen) atoms. The van der Waals surface area contributed by atoms with Gasteiger partial charge < -0.3 is 15.6 Å². The van der Waals surface area contributed by atoms with E-state index in [0.29, 0.717) is 6.54 Å². The van der Waals surface area contributed by atoms with E-state index in [9.17, 15) is 9.18 Å². The van der Waals surface area contributed by atoms with E-state index in [1.807, 2.05) is 61.7 Å². The summed E-state index contributed by atoms with van der Waals surface area (Å²) in [5.41, 5.74) is 4.89. The van der Waals surface area contributed by atoms with Gasteiger partial charge in [-0.05, 0) is 48.4 Å². The number of urea groups is 1. The maximum absolute atomic E-state index is 13.4. The number of para-hydroxylation sites is 1. The molecule has 0 fully saturated rings. The number of H-pyrrole nitrogens is 1. The van der Waals surface area contributed by atoms with E-state index in [-0.39, 0.29) is 17.8 Å². The van der Waals surface area contributed by atoms with Crippen molar-refractivity contribution in [1.82, 2.24) is 10.3 Å². The Hall–Kier alpha value is -3.60. The first kappa shape index (κ1) is 18.7. The van der Waals surface area contributed by atoms with E-state index in [4.69, 9.17) is 0 Å². The summed E-state index contributed by atoms with van der Waals surface area (Å²) >= 11 is 0. The number of hydrogen-bond acceptors (Lipinski definition) is 1. The van der Waals surface area contributed by atoms with Crippen LogP contribution < -0.4 is 10.6 Å². The van der Waals surface area contributed by atoms with Crippen molar-refractivity contribution in [2.24, 2.45) is 0 Å². The Bertz CT molecular complexity index is 1120. The highest BCUT2D eigenvalue weighted by molar-refractivity contribution is 5.89. The zero-order valence-corrected chi connectivity index (χ0v) is 16.1. The Morgan fingerprint density at radius 3 is 2.48 bits per heavy atom. The van der Waals surface area contributed by atoms with Crippen molar-refractivity contribution in [2.75, 3.05) is 11.9 Å². The number of carbonyl (C=O) groups is 1. The van der Waals surface area contributed by atoms with Gasteiger partial charge in [0.25, 0.3) is 0 Å². The fourth-order valence-electron chi connectivity index (χ4n) is 3.49. The molecule has 3 aromatic carbocycles. The lowest BCUT2D eigenvalue weighted by Crippen LogP contribution is -2.32. The number of carbonyl (C=O) groups excluding carboxylic acids is 1. The SMILES string of the molecule is Cc1ccc(NC(=O)NC[C@@H](c2ccc(F)cc2)c2c[nH]c3ccccc23)cc1. The van der Waals surface area contributed by atoms with Gasteiger partial charge in [0.1, 0.15) is 5.82 Å². The van der Waals surface area contributed by atoms with E-state index in [1.54, 1.807) is 12.1 Å². The van der Waals surface area contributed by atoms with E-state index in [2.05, 4.69) is 15.6 Å². The van der Waals surface area contributed by atoms with Gasteiger partial charge >= 0.3 is 6.03 Å². The Morgan fingerprint density at radius 2 is 1.72 bits per heavy atom. The summed E-state index contributed by atoms with van der Waals surface area (Å²) in [6, 6.07) is 21.8. The zero-order valence-electron chi connectivity index (χ0n) is 16.1. The summed E-state index contributed by atoms with van der Waals surface area (Å²) in [5, 5.41) is 6.89. The molecule has 4 nitrogen and oxygen atoms in total. The molecule has 0 unspecified atom stereocenters. The molecule has 0 bridgehead atoms. The van der Waals surface area contributed by atoms with Crippen molar-refractivity contribution in [2.45, 2.75) is 12.8 Å². The molecule has 146 valence electrons. The minimum atomic E-state index is -0.281. The fraction of sp³-hybridized carbons (Fsp3) is 0.125. The molecule has 4 aromatic rings. The maximum Gasteiger partial charge on any atom is 0.319 e. The normalized spacial score (nSPS) is 11.9. The topological polar surface area (TPSA) is 56.9 Å². The quantitative estimate of drug-likeness (QED) is 0.412. The molecule has 0 aliphatic carbocycles. The fourth-order valence-corrected chi connectivity index (χ4v) is 3.49. The molecule has 3 N–H and O–H groups in total. The van der Waals surface area contributed by atoms with Gasteiger partial charge in [0.2, 0.25) is 0 Å². The van der Waals surface area contributed by atoms with Crippen LogP contribution in [-0.4, -0.2) is 17.6 Å². The minimum Gasteiger partial charge on any atom is -0.361 e. The predicted octanol–water partition coefficient (Wildman–Crippen LogP) is 5.57. The molecule has 0 saturated heterocycles. The smallest absolute Gasteiger partial charge is 0.319 e. The number of hydrogen-bond donors (Lipinski definition) is 3. The lowest BCUT2D eigenvalue weighted by Gasteiger charge is -2.18. The first-order chi connectivity index (χ1) is 14.1. The van der Waals surface area contributed by atoms with Gasteiger partial charge in [0.15, 0.2) is 0 Å². The van der Waals surface area contributed by atoms with Crippen molar-refractivity contribution in [3.05, 3.63) is 102 Å². The number of amides is 2. The standard InChI is InChI=1S/C24H22FN3O/c1-16-6-12-19(13-7-16)28-24(29)27-14-21(17-8-10-18(25)11-9-17)22-15-26-23-5-3-2-4-20(22)23/h2-13,15,21,26H,14H2,1H3,(H2,27,28,29)/t21-/m0/s1. The highest BCUT2D eigenvalue weighted by Gasteiger charge is 2.19. The third-order valence-electron chi connectivity index (χ3n) is 5.05. The molecular formula is C24H22FN3O. The van der Waals surface area contributed by atoms with Gasteiger partial charge in [-0.3, -0.25) is 0 Å². The number of rotatable bonds is 5. The van der Waals surface area contributed by atoms with Gasteiger partial charge in [0, 0.05) is 35.2 Å². The number of aromatic amines is 1. The van der Waals surface area contributed by atoms with Crippen molar-refractivity contribution in [1.29, 1.82) is 0 Å². The van der Waals surface area contributed by atoms with Crippen LogP contribution in [0.25, 0.3) is 10.9 Å². The number of anilines is 1. The lowest BCUT2D eigenvalue weighted by molar-refractivity contribution is 0.252. The van der Waals surface area contributed by atoms with Crippen LogP contribution in [-0.2, 0) is 0 Å². The average molecular weight is 387 g/mol. The predicted molar refractivity (Wildman–Crippen MR) is 115 cm³/mol. The summed E-state index contributed by atoms with van der Waals surface area (Å²) in [5.74, 6) is -0.396. The molecule has 0 spiro atoms. The van der Waals surface area contributed by atoms with Crippen LogP contribution >= 0.6 is 0 Å². The molecular weight excluding hydrogens is 365 g/mol. The van der Waals surface area contributed by atoms with Crippen LogP contribution in [0.15, 0.2) is 79.0 Å². The van der Waals surface area contributed by atoms with E-state index < -0.39 is 0 Å². The van der Waals surface area contributed by atoms with Crippen LogP contribution in [0, 0.1) is 12.7 Å². The number of aryl methyl sites for hydroxylation is 1. The van der Waals surface area contributed by atoms with Crippen LogP contribution in [0.3, 0.4) is 0 Å². The second-order valence-corrected chi connectivity index (χ2v) is 7.09. The molecule has 2 amide bonds. The molecule has 0 aliphatic heterocycles. The minimum absolute atomic E-state index is 0.115. The second kappa shape index (κ2) is 8.19. The summed E-state index contributed by atoms with van der Waals surface area (Å²) < 4.78 is 13.4. The summed E-state index contributed by atoms with van der Waals surface area (Å²) in [6.07, 6.45) is 1.96. The molecule has 1 heterocycles. The van der Waals surface area contributed by atoms with Crippen molar-refractivity contribution in [3.63, 3.8) is 0 Å². The molecule has 1 aromatic heterocycles. The Morgan fingerprint density at radius 1 is 1.00 bits per heavy atom. The highest BCUT2D eigenvalue weighted by atomic mass is 19.1. The maximum atomic E-state index is 13.4. The van der Waals surface area contributed by atoms with E-state index >= 15 is 0 Å². The molecule has 4 rings (SSSR count). The van der Waals surface area contributed by atoms with Crippen LogP contribution in [0.4, 0.5) is 14.9 Å².